The molecule has 102 heavy (non-hydrogen) atoms. The van der Waals surface area contributed by atoms with Gasteiger partial charge in [-0.25, -0.2) is 0 Å². The summed E-state index contributed by atoms with van der Waals surface area (Å²) >= 11 is 0. The van der Waals surface area contributed by atoms with E-state index < -0.39 is 0 Å². The maximum atomic E-state index is 5.69. The van der Waals surface area contributed by atoms with Gasteiger partial charge in [0, 0.05) is 68.2 Å². The molecule has 0 heterocycles. The molecule has 0 unspecified atom stereocenters. The average molecular weight is 1340 g/mol. The molecular formula is C90H74N4O8. The van der Waals surface area contributed by atoms with Gasteiger partial charge in [0.05, 0.1) is 56.9 Å². The van der Waals surface area contributed by atoms with E-state index in [1.54, 1.807) is 56.9 Å². The molecule has 0 spiro atoms. The van der Waals surface area contributed by atoms with Crippen molar-refractivity contribution in [3.05, 3.63) is 325 Å². The van der Waals surface area contributed by atoms with Crippen molar-refractivity contribution in [2.45, 2.75) is 0 Å². The van der Waals surface area contributed by atoms with Crippen LogP contribution in [0.1, 0.15) is 33.4 Å². The zero-order valence-corrected chi connectivity index (χ0v) is 57.9. The lowest BCUT2D eigenvalue weighted by Gasteiger charge is -2.26. The summed E-state index contributed by atoms with van der Waals surface area (Å²) in [4.78, 5) is 9.13. The Hall–Kier alpha value is -13.1. The van der Waals surface area contributed by atoms with Crippen LogP contribution >= 0.6 is 0 Å². The highest BCUT2D eigenvalue weighted by atomic mass is 16.5. The fourth-order valence-electron chi connectivity index (χ4n) is 13.8. The normalized spacial score (nSPS) is 11.5. The fraction of sp³-hybridized carbons (Fsp3) is 0.0889. The Morgan fingerprint density at radius 3 is 0.490 bits per heavy atom. The Morgan fingerprint density at radius 1 is 0.176 bits per heavy atom. The van der Waals surface area contributed by atoms with Crippen molar-refractivity contribution < 1.29 is 37.9 Å². The van der Waals surface area contributed by atoms with Crippen LogP contribution in [0.5, 0.6) is 46.0 Å². The summed E-state index contributed by atoms with van der Waals surface area (Å²) in [7, 11) is 13.5. The third-order valence-corrected chi connectivity index (χ3v) is 19.0. The molecule has 12 nitrogen and oxygen atoms in total. The van der Waals surface area contributed by atoms with Crippen molar-refractivity contribution in [2.75, 3.05) is 76.5 Å². The maximum Gasteiger partial charge on any atom is 0.119 e. The molecule has 13 aromatic rings. The second kappa shape index (κ2) is 28.4. The van der Waals surface area contributed by atoms with Crippen LogP contribution in [0.25, 0.3) is 45.6 Å². The van der Waals surface area contributed by atoms with Crippen LogP contribution in [-0.4, -0.2) is 56.9 Å². The molecule has 0 saturated carbocycles. The quantitative estimate of drug-likeness (QED) is 0.0648. The van der Waals surface area contributed by atoms with E-state index in [4.69, 9.17) is 37.9 Å². The third kappa shape index (κ3) is 12.6. The second-order valence-corrected chi connectivity index (χ2v) is 24.6. The highest BCUT2D eigenvalue weighted by Gasteiger charge is 2.31. The molecule has 0 amide bonds. The molecule has 15 rings (SSSR count). The van der Waals surface area contributed by atoms with E-state index in [0.29, 0.717) is 0 Å². The summed E-state index contributed by atoms with van der Waals surface area (Å²) < 4.78 is 45.5. The van der Waals surface area contributed by atoms with Crippen LogP contribution in [0.3, 0.4) is 0 Å². The van der Waals surface area contributed by atoms with Crippen molar-refractivity contribution in [3.8, 4) is 68.2 Å². The minimum absolute atomic E-state index is 0.768. The van der Waals surface area contributed by atoms with E-state index in [-0.39, 0.29) is 0 Å². The van der Waals surface area contributed by atoms with Gasteiger partial charge in [0.1, 0.15) is 46.0 Å². The number of nitrogens with zero attached hydrogens (tertiary/aromatic N) is 4. The Bertz CT molecular complexity index is 4410. The monoisotopic (exact) mass is 1340 g/mol. The van der Waals surface area contributed by atoms with Crippen molar-refractivity contribution in [3.63, 3.8) is 0 Å². The first-order valence-electron chi connectivity index (χ1n) is 33.6. The van der Waals surface area contributed by atoms with Gasteiger partial charge >= 0.3 is 0 Å². The number of ether oxygens (including phenoxy) is 8. The average Bonchev–Trinajstić information content (AvgIpc) is 1.58. The Balaban J connectivity index is 0.949. The van der Waals surface area contributed by atoms with Crippen LogP contribution in [0.2, 0.25) is 0 Å². The Kier molecular flexibility index (Phi) is 18.1. The predicted octanol–water partition coefficient (Wildman–Crippen LogP) is 22.8. The van der Waals surface area contributed by atoms with E-state index >= 15 is 0 Å². The number of hydrogen-bond donors (Lipinski definition) is 0. The molecule has 0 aliphatic heterocycles. The first-order chi connectivity index (χ1) is 50.1. The van der Waals surface area contributed by atoms with E-state index in [0.717, 1.165) is 181 Å². The largest absolute Gasteiger partial charge is 0.497 e. The lowest BCUT2D eigenvalue weighted by atomic mass is 9.94. The van der Waals surface area contributed by atoms with Crippen LogP contribution in [0, 0.1) is 0 Å². The van der Waals surface area contributed by atoms with Gasteiger partial charge in [-0.05, 0) is 322 Å². The van der Waals surface area contributed by atoms with Crippen LogP contribution < -0.4 is 57.5 Å². The number of fused-ring (bicyclic) bond motifs is 6. The van der Waals surface area contributed by atoms with Crippen molar-refractivity contribution >= 4 is 91.5 Å². The molecule has 0 saturated heterocycles. The summed E-state index contributed by atoms with van der Waals surface area (Å²) in [6, 6.07) is 102. The second-order valence-electron chi connectivity index (χ2n) is 24.6. The SMILES string of the molecule is COc1ccc(N(c2ccc(OC)cc2)c2ccc3c(c2)C(=Cc2ccccc2C=C2c4cc(N(c5ccc(OC)cc5)c5ccc(OC)cc5)ccc4-c4ccc(N(c5ccc(OC)cc5)c5ccc(OC)cc5)cc42)c2cc(N(c4ccc(OC)cc4)c4ccc(OC)cc4)ccc2-3)cc1. The zero-order chi connectivity index (χ0) is 69.8. The molecule has 12 heteroatoms. The van der Waals surface area contributed by atoms with Gasteiger partial charge in [-0.1, -0.05) is 48.5 Å². The molecular weight excluding hydrogens is 1270 g/mol. The van der Waals surface area contributed by atoms with Gasteiger partial charge in [-0.2, -0.15) is 0 Å². The smallest absolute Gasteiger partial charge is 0.119 e. The molecule has 13 aromatic carbocycles. The number of methoxy groups -OCH3 is 8. The van der Waals surface area contributed by atoms with Gasteiger partial charge in [0.2, 0.25) is 0 Å². The minimum atomic E-state index is 0.768. The molecule has 2 aliphatic rings. The van der Waals surface area contributed by atoms with Crippen LogP contribution in [0.4, 0.5) is 68.2 Å². The van der Waals surface area contributed by atoms with Gasteiger partial charge in [0.25, 0.3) is 0 Å². The molecule has 0 bridgehead atoms. The summed E-state index contributed by atoms with van der Waals surface area (Å²) in [5, 5.41) is 0. The fourth-order valence-corrected chi connectivity index (χ4v) is 13.8. The standard InChI is InChI=1S/C90H74N4O8/c1-95-73-33-13-61(14-34-73)91(62-15-35-74(96-2)36-16-62)69-29-49-81-82-50-30-70(92(63-17-37-75(97-3)38-18-63)64-19-39-76(98-4)40-20-64)56-88(82)85(87(81)55-69)53-59-11-9-10-12-60(59)54-86-89-57-71(93(65-21-41-77(99-5)42-22-65)66-23-43-78(100-6)44-24-66)31-51-83(89)84-52-32-72(58-90(84)86)94(67-25-45-79(101-7)46-26-67)68-27-47-80(102-8)48-28-68/h9-58H,1-8H3. The molecule has 2 aliphatic carbocycles. The molecule has 0 N–H and O–H groups in total. The summed E-state index contributed by atoms with van der Waals surface area (Å²) in [6.07, 6.45) is 4.77. The van der Waals surface area contributed by atoms with E-state index in [1.807, 2.05) is 97.1 Å². The number of anilines is 12. The number of benzene rings is 13. The van der Waals surface area contributed by atoms with Crippen LogP contribution in [-0.2, 0) is 0 Å². The summed E-state index contributed by atoms with van der Waals surface area (Å²) in [5.74, 6) is 6.14. The van der Waals surface area contributed by atoms with Gasteiger partial charge in [-0.3, -0.25) is 0 Å². The molecule has 0 aromatic heterocycles. The first kappa shape index (κ1) is 64.9. The van der Waals surface area contributed by atoms with E-state index in [2.05, 4.69) is 226 Å². The van der Waals surface area contributed by atoms with Gasteiger partial charge < -0.3 is 57.5 Å². The molecule has 0 fully saturated rings. The molecule has 0 atom stereocenters. The van der Waals surface area contributed by atoms with Crippen molar-refractivity contribution in [2.24, 2.45) is 0 Å². The van der Waals surface area contributed by atoms with Crippen molar-refractivity contribution in [1.82, 2.24) is 0 Å². The molecule has 0 radical (unpaired) electrons. The zero-order valence-electron chi connectivity index (χ0n) is 57.9. The van der Waals surface area contributed by atoms with E-state index in [9.17, 15) is 0 Å². The topological polar surface area (TPSA) is 86.8 Å². The van der Waals surface area contributed by atoms with Crippen molar-refractivity contribution in [1.29, 1.82) is 0 Å². The van der Waals surface area contributed by atoms with E-state index in [1.165, 1.54) is 0 Å². The Morgan fingerprint density at radius 2 is 0.333 bits per heavy atom. The Labute approximate surface area is 595 Å². The van der Waals surface area contributed by atoms with Crippen LogP contribution in [0.15, 0.2) is 291 Å². The number of rotatable bonds is 22. The van der Waals surface area contributed by atoms with Gasteiger partial charge in [-0.15, -0.1) is 0 Å². The minimum Gasteiger partial charge on any atom is -0.497 e. The number of hydrogen-bond acceptors (Lipinski definition) is 12. The summed E-state index contributed by atoms with van der Waals surface area (Å²) in [6.45, 7) is 0. The summed E-state index contributed by atoms with van der Waals surface area (Å²) in [5.41, 5.74) is 24.5. The first-order valence-corrected chi connectivity index (χ1v) is 33.6. The maximum absolute atomic E-state index is 5.69. The lowest BCUT2D eigenvalue weighted by molar-refractivity contribution is 0.414. The molecule has 502 valence electrons. The highest BCUT2D eigenvalue weighted by Crippen LogP contribution is 2.54. The lowest BCUT2D eigenvalue weighted by Crippen LogP contribution is -2.10. The van der Waals surface area contributed by atoms with Gasteiger partial charge in [0.15, 0.2) is 0 Å². The third-order valence-electron chi connectivity index (χ3n) is 19.0. The highest BCUT2D eigenvalue weighted by molar-refractivity contribution is 6.12. The predicted molar refractivity (Wildman–Crippen MR) is 415 cm³/mol.